The number of amides is 4. The lowest BCUT2D eigenvalue weighted by atomic mass is 10.1. The second-order valence-corrected chi connectivity index (χ2v) is 7.08. The number of nitrogens with zero attached hydrogens (tertiary/aromatic N) is 1. The molecule has 31 heavy (non-hydrogen) atoms. The summed E-state index contributed by atoms with van der Waals surface area (Å²) in [7, 11) is 0. The molecule has 1 heterocycles. The number of barbiturate groups is 1. The predicted molar refractivity (Wildman–Crippen MR) is 108 cm³/mol. The summed E-state index contributed by atoms with van der Waals surface area (Å²) in [5.74, 6) is -1.88. The van der Waals surface area contributed by atoms with Gasteiger partial charge in [0.15, 0.2) is 0 Å². The number of carbonyl (C=O) groups excluding carboxylic acids is 3. The molecule has 1 saturated heterocycles. The maximum atomic E-state index is 13.1. The fourth-order valence-electron chi connectivity index (χ4n) is 2.81. The number of halogens is 5. The van der Waals surface area contributed by atoms with E-state index in [0.29, 0.717) is 22.8 Å². The van der Waals surface area contributed by atoms with E-state index in [9.17, 15) is 27.6 Å². The van der Waals surface area contributed by atoms with Crippen molar-refractivity contribution in [2.75, 3.05) is 11.5 Å². The first-order chi connectivity index (χ1) is 14.5. The first-order valence-corrected chi connectivity index (χ1v) is 9.49. The van der Waals surface area contributed by atoms with E-state index in [1.807, 2.05) is 5.32 Å². The van der Waals surface area contributed by atoms with E-state index in [-0.39, 0.29) is 22.2 Å². The number of carbonyl (C=O) groups is 3. The first kappa shape index (κ1) is 22.6. The lowest BCUT2D eigenvalue weighted by Gasteiger charge is -2.27. The van der Waals surface area contributed by atoms with E-state index in [0.717, 1.165) is 12.1 Å². The zero-order valence-corrected chi connectivity index (χ0v) is 17.2. The van der Waals surface area contributed by atoms with Crippen molar-refractivity contribution in [3.63, 3.8) is 0 Å². The maximum absolute atomic E-state index is 13.1. The monoisotopic (exact) mass is 472 g/mol. The lowest BCUT2D eigenvalue weighted by molar-refractivity contribution is -0.137. The number of hydrogen-bond donors (Lipinski definition) is 1. The molecule has 1 N–H and O–H groups in total. The third-order valence-corrected chi connectivity index (χ3v) is 4.74. The Morgan fingerprint density at radius 2 is 1.81 bits per heavy atom. The smallest absolute Gasteiger partial charge is 0.416 e. The largest absolute Gasteiger partial charge is 0.493 e. The van der Waals surface area contributed by atoms with Crippen LogP contribution < -0.4 is 15.0 Å². The molecule has 11 heteroatoms. The van der Waals surface area contributed by atoms with Gasteiger partial charge in [0.25, 0.3) is 11.8 Å². The van der Waals surface area contributed by atoms with Crippen LogP contribution in [-0.2, 0) is 15.8 Å². The van der Waals surface area contributed by atoms with Crippen molar-refractivity contribution in [2.24, 2.45) is 0 Å². The Hall–Kier alpha value is -3.04. The van der Waals surface area contributed by atoms with Crippen molar-refractivity contribution in [1.82, 2.24) is 5.32 Å². The third-order valence-electron chi connectivity index (χ3n) is 4.19. The van der Waals surface area contributed by atoms with Crippen LogP contribution >= 0.6 is 23.2 Å². The summed E-state index contributed by atoms with van der Waals surface area (Å²) in [4.78, 5) is 38.0. The van der Waals surface area contributed by atoms with Crippen LogP contribution in [0, 0.1) is 0 Å². The van der Waals surface area contributed by atoms with Gasteiger partial charge in [-0.1, -0.05) is 23.2 Å². The van der Waals surface area contributed by atoms with Crippen LogP contribution in [-0.4, -0.2) is 24.5 Å². The molecule has 1 fully saturated rings. The standard InChI is InChI=1S/C20H13Cl2F3N2O4/c1-2-31-16-6-4-12(21)7-10(16)8-13-17(28)26-19(30)27(18(13)29)15-9-11(20(23,24)25)3-5-14(15)22/h3-9H,2H2,1H3,(H,26,28,30)/b13-8-. The summed E-state index contributed by atoms with van der Waals surface area (Å²) in [6, 6.07) is 5.43. The number of urea groups is 1. The summed E-state index contributed by atoms with van der Waals surface area (Å²) in [5, 5.41) is 1.92. The molecule has 0 unspecified atom stereocenters. The first-order valence-electron chi connectivity index (χ1n) is 8.73. The number of nitrogens with one attached hydrogen (secondary N) is 1. The van der Waals surface area contributed by atoms with E-state index in [1.54, 1.807) is 6.92 Å². The van der Waals surface area contributed by atoms with E-state index in [2.05, 4.69) is 0 Å². The summed E-state index contributed by atoms with van der Waals surface area (Å²) < 4.78 is 44.7. The van der Waals surface area contributed by atoms with Crippen LogP contribution in [0.15, 0.2) is 42.0 Å². The minimum absolute atomic E-state index is 0.261. The van der Waals surface area contributed by atoms with Crippen LogP contribution in [0.25, 0.3) is 6.08 Å². The molecule has 1 aliphatic rings. The van der Waals surface area contributed by atoms with Gasteiger partial charge in [-0.15, -0.1) is 0 Å². The van der Waals surface area contributed by atoms with Crippen molar-refractivity contribution in [1.29, 1.82) is 0 Å². The van der Waals surface area contributed by atoms with Crippen LogP contribution in [0.4, 0.5) is 23.7 Å². The molecule has 0 bridgehead atoms. The molecule has 1 aliphatic heterocycles. The van der Waals surface area contributed by atoms with Crippen LogP contribution in [0.5, 0.6) is 5.75 Å². The summed E-state index contributed by atoms with van der Waals surface area (Å²) in [6.45, 7) is 2.00. The average Bonchev–Trinajstić information content (AvgIpc) is 2.67. The predicted octanol–water partition coefficient (Wildman–Crippen LogP) is 5.08. The Labute approximate surface area is 184 Å². The summed E-state index contributed by atoms with van der Waals surface area (Å²) >= 11 is 11.9. The highest BCUT2D eigenvalue weighted by Crippen LogP contribution is 2.37. The SMILES string of the molecule is CCOc1ccc(Cl)cc1/C=C1/C(=O)NC(=O)N(c2cc(C(F)(F)F)ccc2Cl)C1=O. The highest BCUT2D eigenvalue weighted by atomic mass is 35.5. The van der Waals surface area contributed by atoms with Crippen molar-refractivity contribution in [2.45, 2.75) is 13.1 Å². The van der Waals surface area contributed by atoms with Crippen LogP contribution in [0.3, 0.4) is 0 Å². The molecular formula is C20H13Cl2F3N2O4. The molecule has 6 nitrogen and oxygen atoms in total. The summed E-state index contributed by atoms with van der Waals surface area (Å²) in [5.41, 5.74) is -1.90. The quantitative estimate of drug-likeness (QED) is 0.497. The second-order valence-electron chi connectivity index (χ2n) is 6.24. The van der Waals surface area contributed by atoms with Crippen LogP contribution in [0.2, 0.25) is 10.0 Å². The van der Waals surface area contributed by atoms with Gasteiger partial charge in [-0.3, -0.25) is 14.9 Å². The van der Waals surface area contributed by atoms with E-state index in [1.165, 1.54) is 18.2 Å². The van der Waals surface area contributed by atoms with Gasteiger partial charge in [-0.2, -0.15) is 13.2 Å². The number of hydrogen-bond acceptors (Lipinski definition) is 4. The Balaban J connectivity index is 2.11. The Morgan fingerprint density at radius 3 is 2.45 bits per heavy atom. The maximum Gasteiger partial charge on any atom is 0.416 e. The van der Waals surface area contributed by atoms with Crippen molar-refractivity contribution in [3.8, 4) is 5.75 Å². The number of ether oxygens (including phenoxy) is 1. The minimum Gasteiger partial charge on any atom is -0.493 e. The molecule has 2 aromatic rings. The molecule has 0 atom stereocenters. The molecule has 0 saturated carbocycles. The fourth-order valence-corrected chi connectivity index (χ4v) is 3.19. The zero-order valence-electron chi connectivity index (χ0n) is 15.7. The van der Waals surface area contributed by atoms with Gasteiger partial charge in [0.05, 0.1) is 22.9 Å². The molecule has 0 spiro atoms. The Kier molecular flexibility index (Phi) is 6.28. The van der Waals surface area contributed by atoms with E-state index < -0.39 is 40.8 Å². The fraction of sp³-hybridized carbons (Fsp3) is 0.150. The normalized spacial score (nSPS) is 16.0. The van der Waals surface area contributed by atoms with E-state index in [4.69, 9.17) is 27.9 Å². The van der Waals surface area contributed by atoms with Crippen molar-refractivity contribution in [3.05, 3.63) is 63.1 Å². The number of imide groups is 2. The molecule has 0 radical (unpaired) electrons. The number of benzene rings is 2. The molecule has 0 aliphatic carbocycles. The van der Waals surface area contributed by atoms with Gasteiger partial charge in [0, 0.05) is 10.6 Å². The molecular weight excluding hydrogens is 460 g/mol. The molecule has 3 rings (SSSR count). The van der Waals surface area contributed by atoms with Gasteiger partial charge in [-0.05, 0) is 49.4 Å². The van der Waals surface area contributed by atoms with Gasteiger partial charge in [-0.25, -0.2) is 9.69 Å². The molecule has 4 amide bonds. The molecule has 162 valence electrons. The van der Waals surface area contributed by atoms with Gasteiger partial charge in [0.2, 0.25) is 0 Å². The molecule has 0 aromatic heterocycles. The highest BCUT2D eigenvalue weighted by Gasteiger charge is 2.39. The lowest BCUT2D eigenvalue weighted by Crippen LogP contribution is -2.54. The van der Waals surface area contributed by atoms with Crippen molar-refractivity contribution >= 4 is 52.8 Å². The average molecular weight is 473 g/mol. The topological polar surface area (TPSA) is 75.7 Å². The van der Waals surface area contributed by atoms with Crippen molar-refractivity contribution < 1.29 is 32.3 Å². The molecule has 2 aromatic carbocycles. The summed E-state index contributed by atoms with van der Waals surface area (Å²) in [6.07, 6.45) is -3.61. The highest BCUT2D eigenvalue weighted by molar-refractivity contribution is 6.42. The van der Waals surface area contributed by atoms with Crippen LogP contribution in [0.1, 0.15) is 18.1 Å². The number of anilines is 1. The Morgan fingerprint density at radius 1 is 1.10 bits per heavy atom. The van der Waals surface area contributed by atoms with Gasteiger partial charge < -0.3 is 4.74 Å². The van der Waals surface area contributed by atoms with Gasteiger partial charge >= 0.3 is 12.2 Å². The van der Waals surface area contributed by atoms with E-state index >= 15 is 0 Å². The number of alkyl halides is 3. The number of rotatable bonds is 4. The zero-order chi connectivity index (χ0) is 22.9. The Bertz CT molecular complexity index is 1120. The van der Waals surface area contributed by atoms with Gasteiger partial charge in [0.1, 0.15) is 11.3 Å². The minimum atomic E-state index is -4.74. The third kappa shape index (κ3) is 4.67. The second kappa shape index (κ2) is 8.60.